The Kier molecular flexibility index (Phi) is 11.9. The smallest absolute Gasteiger partial charge is 0.351 e. The second-order valence-corrected chi connectivity index (χ2v) is 15.1. The van der Waals surface area contributed by atoms with Crippen molar-refractivity contribution in [3.8, 4) is 16.9 Å². The van der Waals surface area contributed by atoms with E-state index < -0.39 is 41.0 Å². The topological polar surface area (TPSA) is 145 Å². The maximum absolute atomic E-state index is 16.2. The van der Waals surface area contributed by atoms with Crippen molar-refractivity contribution < 1.29 is 27.4 Å². The van der Waals surface area contributed by atoms with Crippen LogP contribution in [0.1, 0.15) is 43.1 Å². The van der Waals surface area contributed by atoms with E-state index in [4.69, 9.17) is 4.74 Å². The molecule has 0 amide bonds. The van der Waals surface area contributed by atoms with Gasteiger partial charge in [0.15, 0.2) is 5.60 Å². The van der Waals surface area contributed by atoms with Crippen LogP contribution >= 0.6 is 0 Å². The number of halogens is 4. The molecule has 0 radical (unpaired) electrons. The summed E-state index contributed by atoms with van der Waals surface area (Å²) in [6.45, 7) is 6.35. The van der Waals surface area contributed by atoms with Crippen molar-refractivity contribution in [1.82, 2.24) is 44.5 Å². The third-order valence-corrected chi connectivity index (χ3v) is 11.3. The van der Waals surface area contributed by atoms with E-state index in [1.807, 2.05) is 80.6 Å². The Labute approximate surface area is 353 Å². The molecule has 0 aliphatic carbocycles. The van der Waals surface area contributed by atoms with Gasteiger partial charge in [-0.3, -0.25) is 4.98 Å². The molecule has 4 aromatic heterocycles. The number of benzene rings is 3. The zero-order chi connectivity index (χ0) is 43.4. The molecule has 1 fully saturated rings. The first kappa shape index (κ1) is 41.9. The zero-order valence-electron chi connectivity index (χ0n) is 33.8. The molecule has 5 heterocycles. The highest BCUT2D eigenvalue weighted by Gasteiger charge is 2.58. The lowest BCUT2D eigenvalue weighted by molar-refractivity contribution is -0.207. The first-order valence-corrected chi connectivity index (χ1v) is 20.1. The number of anilines is 2. The van der Waals surface area contributed by atoms with E-state index in [9.17, 15) is 18.7 Å². The van der Waals surface area contributed by atoms with Gasteiger partial charge in [0, 0.05) is 55.3 Å². The number of alkyl halides is 2. The Morgan fingerprint density at radius 3 is 2.16 bits per heavy atom. The van der Waals surface area contributed by atoms with Gasteiger partial charge in [0.25, 0.3) is 0 Å². The predicted octanol–water partition coefficient (Wildman–Crippen LogP) is 6.32. The Morgan fingerprint density at radius 2 is 1.53 bits per heavy atom. The molecule has 8 rings (SSSR count). The van der Waals surface area contributed by atoms with Gasteiger partial charge in [-0.05, 0) is 77.4 Å². The van der Waals surface area contributed by atoms with Crippen LogP contribution in [0.2, 0.25) is 0 Å². The summed E-state index contributed by atoms with van der Waals surface area (Å²) in [6.07, 6.45) is 5.92. The highest BCUT2D eigenvalue weighted by molar-refractivity contribution is 5.66. The summed E-state index contributed by atoms with van der Waals surface area (Å²) in [5.41, 5.74) is -0.974. The lowest BCUT2D eigenvalue weighted by Gasteiger charge is -2.37. The number of hydrogen-bond acceptors (Lipinski definition) is 11. The molecule has 3 atom stereocenters. The Morgan fingerprint density at radius 1 is 0.823 bits per heavy atom. The lowest BCUT2D eigenvalue weighted by Crippen LogP contribution is -2.48. The molecule has 320 valence electrons. The van der Waals surface area contributed by atoms with Crippen LogP contribution in [0.4, 0.5) is 28.9 Å². The number of aromatic nitrogens is 9. The molecule has 18 heteroatoms. The second kappa shape index (κ2) is 17.7. The lowest BCUT2D eigenvalue weighted by atomic mass is 9.84. The van der Waals surface area contributed by atoms with Crippen LogP contribution in [0, 0.1) is 11.6 Å². The van der Waals surface area contributed by atoms with E-state index in [1.165, 1.54) is 27.8 Å². The monoisotopic (exact) mass is 849 g/mol. The van der Waals surface area contributed by atoms with Crippen LogP contribution in [0.3, 0.4) is 0 Å². The van der Waals surface area contributed by atoms with Gasteiger partial charge >= 0.3 is 11.6 Å². The van der Waals surface area contributed by atoms with Crippen molar-refractivity contribution >= 4 is 11.4 Å². The Hall–Kier alpha value is -6.79. The largest absolute Gasteiger partial charge is 0.377 e. The fraction of sp³-hybridized carbons (Fsp3) is 0.295. The van der Waals surface area contributed by atoms with Gasteiger partial charge in [-0.1, -0.05) is 55.5 Å². The molecule has 0 saturated carbocycles. The summed E-state index contributed by atoms with van der Waals surface area (Å²) in [5, 5.41) is 26.3. The Bertz CT molecular complexity index is 2620. The number of rotatable bonds is 15. The number of tetrazole rings is 1. The third kappa shape index (κ3) is 8.42. The molecule has 1 saturated heterocycles. The number of nitrogens with zero attached hydrogens (tertiary/aromatic N) is 11. The summed E-state index contributed by atoms with van der Waals surface area (Å²) in [6, 6.07) is 25.5. The van der Waals surface area contributed by atoms with Crippen LogP contribution in [0.5, 0.6) is 0 Å². The molecule has 1 aliphatic rings. The molecule has 7 aromatic rings. The minimum atomic E-state index is -4.17. The molecule has 0 bridgehead atoms. The van der Waals surface area contributed by atoms with Gasteiger partial charge in [0.1, 0.15) is 35.8 Å². The van der Waals surface area contributed by atoms with Gasteiger partial charge in [0.2, 0.25) is 0 Å². The molecule has 0 spiro atoms. The highest BCUT2D eigenvalue weighted by Crippen LogP contribution is 2.47. The summed E-state index contributed by atoms with van der Waals surface area (Å²) in [7, 11) is 0. The van der Waals surface area contributed by atoms with E-state index >= 15 is 8.78 Å². The SMILES string of the molecule is CC[C@@H]([C@H](C)OCc1ccccc1)n1ncn(-c2ccc(N3CCN(c4ccc(-c5ccc(C(F)(F)[C@](O)(Cn6cnnn6)c6ccc(F)cc6F)nc5)cc4)CC3)cn2)c1=O. The van der Waals surface area contributed by atoms with E-state index in [1.54, 1.807) is 6.20 Å². The van der Waals surface area contributed by atoms with Crippen LogP contribution < -0.4 is 15.5 Å². The van der Waals surface area contributed by atoms with Gasteiger partial charge in [-0.15, -0.1) is 5.10 Å². The van der Waals surface area contributed by atoms with Crippen molar-refractivity contribution in [2.24, 2.45) is 0 Å². The van der Waals surface area contributed by atoms with Crippen LogP contribution in [-0.2, 0) is 29.4 Å². The quantitative estimate of drug-likeness (QED) is 0.116. The average Bonchev–Trinajstić information content (AvgIpc) is 3.95. The summed E-state index contributed by atoms with van der Waals surface area (Å²) in [4.78, 5) is 26.6. The van der Waals surface area contributed by atoms with Crippen molar-refractivity contribution in [2.75, 3.05) is 36.0 Å². The summed E-state index contributed by atoms with van der Waals surface area (Å²) < 4.78 is 70.9. The van der Waals surface area contributed by atoms with Crippen LogP contribution in [0.25, 0.3) is 16.9 Å². The average molecular weight is 850 g/mol. The molecule has 62 heavy (non-hydrogen) atoms. The first-order chi connectivity index (χ1) is 29.9. The summed E-state index contributed by atoms with van der Waals surface area (Å²) >= 11 is 0. The van der Waals surface area contributed by atoms with Crippen molar-refractivity contribution in [3.05, 3.63) is 161 Å². The first-order valence-electron chi connectivity index (χ1n) is 20.1. The Balaban J connectivity index is 0.886. The van der Waals surface area contributed by atoms with E-state index in [-0.39, 0.29) is 17.8 Å². The van der Waals surface area contributed by atoms with E-state index in [2.05, 4.69) is 40.4 Å². The molecule has 14 nitrogen and oxygen atoms in total. The molecule has 1 aliphatic heterocycles. The standard InChI is InChI=1S/C44H43F4N11O3/c1-3-39(30(2)62-26-31-7-5-4-6-8-31)59-42(60)58(29-52-59)41-18-15-36(25-50-41)56-21-19-55(20-22-56)35-13-9-32(10-14-35)33-11-17-40(49-24-33)44(47,48)43(61,27-57-28-51-53-54-57)37-16-12-34(45)23-38(37)46/h4-18,23-25,28-30,39,61H,3,19-22,26-27H2,1-2H3/t30-,39-,43-/m0/s1. The normalized spacial score (nSPS) is 15.3. The summed E-state index contributed by atoms with van der Waals surface area (Å²) in [5.74, 6) is -6.05. The van der Waals surface area contributed by atoms with Crippen molar-refractivity contribution in [2.45, 2.75) is 57.1 Å². The highest BCUT2D eigenvalue weighted by atomic mass is 19.3. The fourth-order valence-corrected chi connectivity index (χ4v) is 7.74. The van der Waals surface area contributed by atoms with Crippen molar-refractivity contribution in [3.63, 3.8) is 0 Å². The third-order valence-electron chi connectivity index (χ3n) is 11.3. The van der Waals surface area contributed by atoms with Gasteiger partial charge < -0.3 is 19.6 Å². The fourth-order valence-electron chi connectivity index (χ4n) is 7.74. The minimum absolute atomic E-state index is 0.246. The molecule has 3 aromatic carbocycles. The number of aliphatic hydroxyl groups is 1. The molecule has 1 N–H and O–H groups in total. The number of hydrogen-bond donors (Lipinski definition) is 1. The molecule has 0 unspecified atom stereocenters. The van der Waals surface area contributed by atoms with Gasteiger partial charge in [0.05, 0.1) is 37.2 Å². The van der Waals surface area contributed by atoms with E-state index in [0.717, 1.165) is 77.9 Å². The zero-order valence-corrected chi connectivity index (χ0v) is 33.8. The minimum Gasteiger partial charge on any atom is -0.377 e. The maximum atomic E-state index is 16.2. The van der Waals surface area contributed by atoms with E-state index in [0.29, 0.717) is 30.5 Å². The maximum Gasteiger partial charge on any atom is 0.351 e. The number of piperazine rings is 1. The molecular formula is C44H43F4N11O3. The molecular weight excluding hydrogens is 807 g/mol. The predicted molar refractivity (Wildman–Crippen MR) is 222 cm³/mol. The second-order valence-electron chi connectivity index (χ2n) is 15.1. The van der Waals surface area contributed by atoms with Crippen LogP contribution in [-0.4, -0.2) is 81.9 Å². The van der Waals surface area contributed by atoms with Crippen molar-refractivity contribution in [1.29, 1.82) is 0 Å². The number of pyridine rings is 2. The number of ether oxygens (including phenoxy) is 1. The van der Waals surface area contributed by atoms with Gasteiger partial charge in [-0.25, -0.2) is 32.5 Å². The van der Waals surface area contributed by atoms with Gasteiger partial charge in [-0.2, -0.15) is 13.9 Å². The van der Waals surface area contributed by atoms with Crippen LogP contribution in [0.15, 0.2) is 127 Å².